The van der Waals surface area contributed by atoms with Crippen LogP contribution in [0.15, 0.2) is 85.3 Å². The number of piperazine rings is 1. The first-order valence-electron chi connectivity index (χ1n) is 12.4. The molecule has 1 fully saturated rings. The van der Waals surface area contributed by atoms with Gasteiger partial charge in [0.05, 0.1) is 5.69 Å². The summed E-state index contributed by atoms with van der Waals surface area (Å²) in [5.41, 5.74) is 5.26. The number of pyridine rings is 1. The molecule has 2 aromatic carbocycles. The molecule has 1 saturated heterocycles. The maximum atomic E-state index is 12.8. The molecule has 1 amide bonds. The minimum atomic E-state index is -0.125. The molecule has 1 aliphatic heterocycles. The minimum Gasteiger partial charge on any atom is -0.322 e. The molecule has 0 aliphatic carbocycles. The van der Waals surface area contributed by atoms with Crippen LogP contribution in [0.25, 0.3) is 11.3 Å². The van der Waals surface area contributed by atoms with Crippen molar-refractivity contribution in [3.05, 3.63) is 96.4 Å². The fraction of sp³-hybridized carbons (Fsp3) is 0.241. The van der Waals surface area contributed by atoms with Gasteiger partial charge in [0, 0.05) is 80.9 Å². The van der Waals surface area contributed by atoms with Crippen molar-refractivity contribution in [2.24, 2.45) is 0 Å². The quantitative estimate of drug-likeness (QED) is 0.411. The maximum absolute atomic E-state index is 12.8. The summed E-state index contributed by atoms with van der Waals surface area (Å²) in [7, 11) is 4.14. The molecule has 3 heterocycles. The van der Waals surface area contributed by atoms with Crippen LogP contribution in [-0.4, -0.2) is 70.9 Å². The minimum absolute atomic E-state index is 0.125. The number of anilines is 3. The van der Waals surface area contributed by atoms with E-state index in [-0.39, 0.29) is 5.91 Å². The van der Waals surface area contributed by atoms with Crippen LogP contribution in [0.2, 0.25) is 0 Å². The topological polar surface area (TPSA) is 77.5 Å². The van der Waals surface area contributed by atoms with Gasteiger partial charge in [0.15, 0.2) is 0 Å². The number of rotatable bonds is 7. The van der Waals surface area contributed by atoms with Gasteiger partial charge in [0.25, 0.3) is 5.91 Å². The first-order chi connectivity index (χ1) is 18.1. The molecule has 0 bridgehead atoms. The second-order valence-corrected chi connectivity index (χ2v) is 9.29. The van der Waals surface area contributed by atoms with Crippen LogP contribution in [0.5, 0.6) is 0 Å². The van der Waals surface area contributed by atoms with E-state index in [0.29, 0.717) is 11.5 Å². The Morgan fingerprint density at radius 1 is 0.973 bits per heavy atom. The average Bonchev–Trinajstić information content (AvgIpc) is 2.95. The van der Waals surface area contributed by atoms with Crippen molar-refractivity contribution in [1.82, 2.24) is 24.8 Å². The summed E-state index contributed by atoms with van der Waals surface area (Å²) in [4.78, 5) is 33.2. The molecular weight excluding hydrogens is 462 g/mol. The van der Waals surface area contributed by atoms with Crippen molar-refractivity contribution in [3.63, 3.8) is 0 Å². The summed E-state index contributed by atoms with van der Waals surface area (Å²) < 4.78 is 0. The van der Waals surface area contributed by atoms with E-state index in [2.05, 4.69) is 38.2 Å². The van der Waals surface area contributed by atoms with Gasteiger partial charge in [-0.15, -0.1) is 0 Å². The van der Waals surface area contributed by atoms with E-state index in [1.807, 2.05) is 72.6 Å². The Kier molecular flexibility index (Phi) is 7.49. The van der Waals surface area contributed by atoms with E-state index in [1.54, 1.807) is 18.6 Å². The first kappa shape index (κ1) is 24.5. The number of hydrogen-bond acceptors (Lipinski definition) is 7. The lowest BCUT2D eigenvalue weighted by Crippen LogP contribution is -2.44. The van der Waals surface area contributed by atoms with Crippen LogP contribution in [0.1, 0.15) is 15.9 Å². The lowest BCUT2D eigenvalue weighted by molar-refractivity contribution is 0.102. The van der Waals surface area contributed by atoms with Crippen LogP contribution < -0.4 is 10.2 Å². The molecule has 188 valence electrons. The third-order valence-electron chi connectivity index (χ3n) is 6.62. The van der Waals surface area contributed by atoms with E-state index >= 15 is 0 Å². The van der Waals surface area contributed by atoms with Gasteiger partial charge < -0.3 is 15.1 Å². The number of benzene rings is 2. The maximum Gasteiger partial charge on any atom is 0.255 e. The average molecular weight is 494 g/mol. The number of likely N-dealkylation sites (N-methyl/N-ethyl adjacent to an activating group) is 1. The molecular formula is C29H31N7O. The number of carbonyl (C=O) groups is 1. The van der Waals surface area contributed by atoms with Crippen LogP contribution in [0.3, 0.4) is 0 Å². The second-order valence-electron chi connectivity index (χ2n) is 9.29. The Labute approximate surface area is 217 Å². The lowest BCUT2D eigenvalue weighted by atomic mass is 10.1. The van der Waals surface area contributed by atoms with Gasteiger partial charge in [-0.2, -0.15) is 0 Å². The zero-order valence-electron chi connectivity index (χ0n) is 21.2. The summed E-state index contributed by atoms with van der Waals surface area (Å²) in [5, 5.41) is 3.06. The van der Waals surface area contributed by atoms with E-state index in [0.717, 1.165) is 60.9 Å². The van der Waals surface area contributed by atoms with Crippen molar-refractivity contribution >= 4 is 23.2 Å². The SMILES string of the molecule is CN1CCN(Cc2cc(NC(=O)c3ccccc3)ccc2N(C)c2nccc(-c3cccnc3)n2)CC1. The smallest absolute Gasteiger partial charge is 0.255 e. The third kappa shape index (κ3) is 5.99. The van der Waals surface area contributed by atoms with Crippen LogP contribution >= 0.6 is 0 Å². The molecule has 5 rings (SSSR count). The summed E-state index contributed by atoms with van der Waals surface area (Å²) in [6.07, 6.45) is 5.32. The Balaban J connectivity index is 1.44. The van der Waals surface area contributed by atoms with Crippen LogP contribution in [0.4, 0.5) is 17.3 Å². The second kappa shape index (κ2) is 11.3. The highest BCUT2D eigenvalue weighted by atomic mass is 16.1. The van der Waals surface area contributed by atoms with Gasteiger partial charge >= 0.3 is 0 Å². The van der Waals surface area contributed by atoms with Gasteiger partial charge in [-0.25, -0.2) is 9.97 Å². The van der Waals surface area contributed by atoms with Gasteiger partial charge in [-0.3, -0.25) is 14.7 Å². The molecule has 0 atom stereocenters. The highest BCUT2D eigenvalue weighted by molar-refractivity contribution is 6.04. The number of aromatic nitrogens is 3. The van der Waals surface area contributed by atoms with Crippen molar-refractivity contribution in [2.75, 3.05) is 50.5 Å². The van der Waals surface area contributed by atoms with Crippen molar-refractivity contribution in [3.8, 4) is 11.3 Å². The Bertz CT molecular complexity index is 1340. The molecule has 8 nitrogen and oxygen atoms in total. The highest BCUT2D eigenvalue weighted by Crippen LogP contribution is 2.30. The monoisotopic (exact) mass is 493 g/mol. The Hall–Kier alpha value is -4.14. The zero-order valence-corrected chi connectivity index (χ0v) is 21.2. The predicted octanol–water partition coefficient (Wildman–Crippen LogP) is 4.31. The van der Waals surface area contributed by atoms with Crippen LogP contribution in [-0.2, 0) is 6.54 Å². The number of nitrogens with zero attached hydrogens (tertiary/aromatic N) is 6. The Morgan fingerprint density at radius 3 is 2.54 bits per heavy atom. The number of carbonyl (C=O) groups excluding carboxylic acids is 1. The fourth-order valence-electron chi connectivity index (χ4n) is 4.45. The molecule has 0 unspecified atom stereocenters. The van der Waals surface area contributed by atoms with Gasteiger partial charge in [0.1, 0.15) is 0 Å². The van der Waals surface area contributed by atoms with E-state index in [1.165, 1.54) is 0 Å². The van der Waals surface area contributed by atoms with Gasteiger partial charge in [-0.1, -0.05) is 18.2 Å². The lowest BCUT2D eigenvalue weighted by Gasteiger charge is -2.33. The largest absolute Gasteiger partial charge is 0.322 e. The van der Waals surface area contributed by atoms with E-state index in [4.69, 9.17) is 4.98 Å². The van der Waals surface area contributed by atoms with Crippen molar-refractivity contribution in [2.45, 2.75) is 6.54 Å². The van der Waals surface area contributed by atoms with Crippen molar-refractivity contribution < 1.29 is 4.79 Å². The van der Waals surface area contributed by atoms with Crippen molar-refractivity contribution in [1.29, 1.82) is 0 Å². The van der Waals surface area contributed by atoms with Gasteiger partial charge in [0.2, 0.25) is 5.95 Å². The number of amides is 1. The molecule has 2 aromatic heterocycles. The first-order valence-corrected chi connectivity index (χ1v) is 12.4. The molecule has 0 spiro atoms. The molecule has 0 radical (unpaired) electrons. The highest BCUT2D eigenvalue weighted by Gasteiger charge is 2.19. The van der Waals surface area contributed by atoms with Gasteiger partial charge in [-0.05, 0) is 61.1 Å². The van der Waals surface area contributed by atoms with E-state index < -0.39 is 0 Å². The Morgan fingerprint density at radius 2 is 1.78 bits per heavy atom. The zero-order chi connectivity index (χ0) is 25.6. The molecule has 4 aromatic rings. The predicted molar refractivity (Wildman–Crippen MR) is 147 cm³/mol. The summed E-state index contributed by atoms with van der Waals surface area (Å²) in [6, 6.07) is 21.1. The molecule has 37 heavy (non-hydrogen) atoms. The summed E-state index contributed by atoms with van der Waals surface area (Å²) in [5.74, 6) is 0.474. The molecule has 1 aliphatic rings. The number of nitrogens with one attached hydrogen (secondary N) is 1. The van der Waals surface area contributed by atoms with E-state index in [9.17, 15) is 4.79 Å². The fourth-order valence-corrected chi connectivity index (χ4v) is 4.45. The summed E-state index contributed by atoms with van der Waals surface area (Å²) in [6.45, 7) is 4.82. The molecule has 8 heteroatoms. The normalized spacial score (nSPS) is 14.3. The van der Waals surface area contributed by atoms with Crippen LogP contribution in [0, 0.1) is 0 Å². The molecule has 1 N–H and O–H groups in total. The summed E-state index contributed by atoms with van der Waals surface area (Å²) >= 11 is 0. The third-order valence-corrected chi connectivity index (χ3v) is 6.62. The number of hydrogen-bond donors (Lipinski definition) is 1. The molecule has 0 saturated carbocycles. The standard InChI is InChI=1S/C29H31N7O/c1-34-15-17-36(18-16-34)21-24-19-25(32-28(37)22-7-4-3-5-8-22)10-11-27(24)35(2)29-31-14-12-26(33-29)23-9-6-13-30-20-23/h3-14,19-20H,15-18,21H2,1-2H3,(H,32,37).